The summed E-state index contributed by atoms with van der Waals surface area (Å²) < 4.78 is 13.1. The summed E-state index contributed by atoms with van der Waals surface area (Å²) in [5, 5.41) is 19.2. The zero-order chi connectivity index (χ0) is 14.5. The normalized spacial score (nSPS) is 13.8. The molecule has 0 radical (unpaired) electrons. The SMILES string of the molecule is CC(C)(C)CN(CCO)C[C@@H](O)c1cccc(F)c1. The van der Waals surface area contributed by atoms with Gasteiger partial charge in [0.25, 0.3) is 0 Å². The molecule has 0 aliphatic heterocycles. The monoisotopic (exact) mass is 269 g/mol. The second-order valence-corrected chi connectivity index (χ2v) is 6.09. The van der Waals surface area contributed by atoms with Crippen molar-refractivity contribution in [3.63, 3.8) is 0 Å². The number of benzene rings is 1. The molecular weight excluding hydrogens is 245 g/mol. The summed E-state index contributed by atoms with van der Waals surface area (Å²) in [5.41, 5.74) is 0.647. The maximum atomic E-state index is 13.1. The van der Waals surface area contributed by atoms with Crippen molar-refractivity contribution in [3.8, 4) is 0 Å². The van der Waals surface area contributed by atoms with Gasteiger partial charge in [0.1, 0.15) is 5.82 Å². The minimum atomic E-state index is -0.746. The first kappa shape index (κ1) is 16.1. The van der Waals surface area contributed by atoms with Crippen LogP contribution in [0.3, 0.4) is 0 Å². The number of halogens is 1. The molecule has 0 spiro atoms. The molecule has 0 aromatic heterocycles. The predicted octanol–water partition coefficient (Wildman–Crippen LogP) is 2.20. The molecule has 19 heavy (non-hydrogen) atoms. The molecule has 4 heteroatoms. The first-order chi connectivity index (χ1) is 8.81. The fraction of sp³-hybridized carbons (Fsp3) is 0.600. The van der Waals surface area contributed by atoms with Crippen LogP contribution in [0.5, 0.6) is 0 Å². The quantitative estimate of drug-likeness (QED) is 0.832. The summed E-state index contributed by atoms with van der Waals surface area (Å²) in [6.07, 6.45) is -0.746. The van der Waals surface area contributed by atoms with Crippen LogP contribution in [-0.2, 0) is 0 Å². The molecule has 0 aliphatic rings. The van der Waals surface area contributed by atoms with E-state index in [1.807, 2.05) is 4.90 Å². The van der Waals surface area contributed by atoms with Crippen LogP contribution in [0.25, 0.3) is 0 Å². The molecule has 1 rings (SSSR count). The third-order valence-electron chi connectivity index (χ3n) is 2.78. The fourth-order valence-electron chi connectivity index (χ4n) is 2.11. The van der Waals surface area contributed by atoms with Gasteiger partial charge in [-0.2, -0.15) is 0 Å². The average molecular weight is 269 g/mol. The number of aliphatic hydroxyl groups is 2. The first-order valence-corrected chi connectivity index (χ1v) is 6.58. The van der Waals surface area contributed by atoms with Gasteiger partial charge in [-0.15, -0.1) is 0 Å². The Bertz CT molecular complexity index is 390. The zero-order valence-electron chi connectivity index (χ0n) is 11.9. The highest BCUT2D eigenvalue weighted by Gasteiger charge is 2.19. The van der Waals surface area contributed by atoms with Crippen molar-refractivity contribution in [3.05, 3.63) is 35.6 Å². The number of hydrogen-bond acceptors (Lipinski definition) is 3. The Hall–Kier alpha value is -0.970. The van der Waals surface area contributed by atoms with Gasteiger partial charge in [-0.25, -0.2) is 4.39 Å². The van der Waals surface area contributed by atoms with E-state index in [0.717, 1.165) is 6.54 Å². The highest BCUT2D eigenvalue weighted by Crippen LogP contribution is 2.19. The van der Waals surface area contributed by atoms with E-state index in [1.54, 1.807) is 12.1 Å². The number of nitrogens with zero attached hydrogens (tertiary/aromatic N) is 1. The maximum Gasteiger partial charge on any atom is 0.123 e. The predicted molar refractivity (Wildman–Crippen MR) is 74.3 cm³/mol. The summed E-state index contributed by atoms with van der Waals surface area (Å²) in [7, 11) is 0. The van der Waals surface area contributed by atoms with Crippen molar-refractivity contribution in [2.45, 2.75) is 26.9 Å². The van der Waals surface area contributed by atoms with Crippen molar-refractivity contribution in [1.82, 2.24) is 4.90 Å². The van der Waals surface area contributed by atoms with Crippen molar-refractivity contribution in [2.24, 2.45) is 5.41 Å². The van der Waals surface area contributed by atoms with Gasteiger partial charge in [-0.1, -0.05) is 32.9 Å². The van der Waals surface area contributed by atoms with Crippen molar-refractivity contribution in [1.29, 1.82) is 0 Å². The Morgan fingerprint density at radius 3 is 2.53 bits per heavy atom. The molecule has 1 atom stereocenters. The molecule has 3 nitrogen and oxygen atoms in total. The van der Waals surface area contributed by atoms with Crippen LogP contribution in [0.4, 0.5) is 4.39 Å². The van der Waals surface area contributed by atoms with Gasteiger partial charge in [0.2, 0.25) is 0 Å². The van der Waals surface area contributed by atoms with Crippen LogP contribution < -0.4 is 0 Å². The molecule has 1 aromatic carbocycles. The molecule has 108 valence electrons. The molecule has 0 unspecified atom stereocenters. The Labute approximate surface area is 114 Å². The highest BCUT2D eigenvalue weighted by molar-refractivity contribution is 5.19. The molecule has 0 saturated heterocycles. The van der Waals surface area contributed by atoms with E-state index in [0.29, 0.717) is 18.7 Å². The summed E-state index contributed by atoms with van der Waals surface area (Å²) in [4.78, 5) is 2.00. The molecule has 0 fully saturated rings. The Morgan fingerprint density at radius 1 is 1.32 bits per heavy atom. The largest absolute Gasteiger partial charge is 0.395 e. The lowest BCUT2D eigenvalue weighted by Crippen LogP contribution is -2.37. The van der Waals surface area contributed by atoms with Crippen molar-refractivity contribution in [2.75, 3.05) is 26.2 Å². The standard InChI is InChI=1S/C15H24FNO2/c1-15(2,3)11-17(7-8-18)10-14(19)12-5-4-6-13(16)9-12/h4-6,9,14,18-19H,7-8,10-11H2,1-3H3/t14-/m1/s1. The maximum absolute atomic E-state index is 13.1. The summed E-state index contributed by atoms with van der Waals surface area (Å²) in [5.74, 6) is -0.346. The zero-order valence-corrected chi connectivity index (χ0v) is 11.9. The lowest BCUT2D eigenvalue weighted by atomic mass is 9.95. The Kier molecular flexibility index (Phi) is 5.91. The molecule has 1 aromatic rings. The summed E-state index contributed by atoms with van der Waals surface area (Å²) in [6, 6.07) is 6.01. The number of hydrogen-bond donors (Lipinski definition) is 2. The average Bonchev–Trinajstić information content (AvgIpc) is 2.27. The fourth-order valence-corrected chi connectivity index (χ4v) is 2.11. The molecule has 2 N–H and O–H groups in total. The van der Waals surface area contributed by atoms with Gasteiger partial charge >= 0.3 is 0 Å². The topological polar surface area (TPSA) is 43.7 Å². The van der Waals surface area contributed by atoms with Gasteiger partial charge < -0.3 is 10.2 Å². The minimum Gasteiger partial charge on any atom is -0.395 e. The van der Waals surface area contributed by atoms with Gasteiger partial charge in [0, 0.05) is 19.6 Å². The smallest absolute Gasteiger partial charge is 0.123 e. The number of aliphatic hydroxyl groups excluding tert-OH is 2. The second kappa shape index (κ2) is 6.98. The molecule has 0 amide bonds. The van der Waals surface area contributed by atoms with Gasteiger partial charge in [0.15, 0.2) is 0 Å². The van der Waals surface area contributed by atoms with Crippen molar-refractivity contribution < 1.29 is 14.6 Å². The Balaban J connectivity index is 2.68. The van der Waals surface area contributed by atoms with E-state index < -0.39 is 6.10 Å². The molecule has 0 bridgehead atoms. The molecule has 0 saturated carbocycles. The van der Waals surface area contributed by atoms with E-state index in [-0.39, 0.29) is 17.8 Å². The third kappa shape index (κ3) is 6.14. The van der Waals surface area contributed by atoms with Crippen LogP contribution in [0, 0.1) is 11.2 Å². The van der Waals surface area contributed by atoms with E-state index >= 15 is 0 Å². The van der Waals surface area contributed by atoms with Gasteiger partial charge in [0.05, 0.1) is 12.7 Å². The van der Waals surface area contributed by atoms with Gasteiger partial charge in [-0.05, 0) is 23.1 Å². The highest BCUT2D eigenvalue weighted by atomic mass is 19.1. The summed E-state index contributed by atoms with van der Waals surface area (Å²) in [6.45, 7) is 8.01. The lowest BCUT2D eigenvalue weighted by Gasteiger charge is -2.31. The Morgan fingerprint density at radius 2 is 2.00 bits per heavy atom. The van der Waals surface area contributed by atoms with E-state index in [9.17, 15) is 9.50 Å². The van der Waals surface area contributed by atoms with Crippen LogP contribution in [-0.4, -0.2) is 41.4 Å². The van der Waals surface area contributed by atoms with Crippen LogP contribution in [0.15, 0.2) is 24.3 Å². The molecular formula is C15H24FNO2. The van der Waals surface area contributed by atoms with E-state index in [1.165, 1.54) is 12.1 Å². The lowest BCUT2D eigenvalue weighted by molar-refractivity contribution is 0.0789. The first-order valence-electron chi connectivity index (χ1n) is 6.58. The van der Waals surface area contributed by atoms with E-state index in [2.05, 4.69) is 20.8 Å². The molecule has 0 heterocycles. The summed E-state index contributed by atoms with van der Waals surface area (Å²) >= 11 is 0. The third-order valence-corrected chi connectivity index (χ3v) is 2.78. The number of rotatable bonds is 6. The van der Waals surface area contributed by atoms with Gasteiger partial charge in [-0.3, -0.25) is 4.90 Å². The molecule has 0 aliphatic carbocycles. The van der Waals surface area contributed by atoms with Crippen molar-refractivity contribution >= 4 is 0 Å². The van der Waals surface area contributed by atoms with Crippen LogP contribution >= 0.6 is 0 Å². The van der Waals surface area contributed by atoms with E-state index in [4.69, 9.17) is 5.11 Å². The van der Waals surface area contributed by atoms with Crippen LogP contribution in [0.2, 0.25) is 0 Å². The van der Waals surface area contributed by atoms with Crippen LogP contribution in [0.1, 0.15) is 32.4 Å². The minimum absolute atomic E-state index is 0.0476. The second-order valence-electron chi connectivity index (χ2n) is 6.09.